The fraction of sp³-hybridized carbons (Fsp3) is 0.353. The first kappa shape index (κ1) is 18.6. The molecule has 1 aliphatic heterocycles. The molecule has 0 spiro atoms. The van der Waals surface area contributed by atoms with E-state index in [0.29, 0.717) is 20.7 Å². The number of aliphatic hydroxyl groups is 2. The van der Waals surface area contributed by atoms with Crippen LogP contribution in [-0.2, 0) is 10.2 Å². The van der Waals surface area contributed by atoms with Crippen LogP contribution < -0.4 is 5.14 Å². The van der Waals surface area contributed by atoms with E-state index in [9.17, 15) is 23.4 Å². The molecule has 9 heteroatoms. The zero-order valence-corrected chi connectivity index (χ0v) is 14.9. The van der Waals surface area contributed by atoms with Gasteiger partial charge in [0.2, 0.25) is 0 Å². The average molecular weight is 379 g/mol. The summed E-state index contributed by atoms with van der Waals surface area (Å²) in [6.07, 6.45) is 2.28. The van der Waals surface area contributed by atoms with Crippen LogP contribution in [0, 0.1) is 0 Å². The molecule has 4 N–H and O–H groups in total. The van der Waals surface area contributed by atoms with Gasteiger partial charge in [-0.15, -0.1) is 0 Å². The van der Waals surface area contributed by atoms with Crippen LogP contribution in [0.2, 0.25) is 0 Å². The van der Waals surface area contributed by atoms with Gasteiger partial charge in [0, 0.05) is 30.4 Å². The molecule has 140 valence electrons. The highest BCUT2D eigenvalue weighted by Crippen LogP contribution is 2.30. The largest absolute Gasteiger partial charge is 0.363 e. The Hall–Kier alpha value is -2.20. The summed E-state index contributed by atoms with van der Waals surface area (Å²) in [5, 5.41) is 24.2. The van der Waals surface area contributed by atoms with E-state index >= 15 is 0 Å². The molecule has 26 heavy (non-hydrogen) atoms. The summed E-state index contributed by atoms with van der Waals surface area (Å²) in [7, 11) is -4.17. The predicted molar refractivity (Wildman–Crippen MR) is 95.3 cm³/mol. The zero-order chi connectivity index (χ0) is 18.9. The van der Waals surface area contributed by atoms with Crippen LogP contribution in [0.5, 0.6) is 0 Å². The molecule has 0 atom stereocenters. The van der Waals surface area contributed by atoms with Crippen molar-refractivity contribution in [1.82, 2.24) is 8.87 Å². The molecule has 1 aromatic carbocycles. The Bertz CT molecular complexity index is 897. The number of likely N-dealkylation sites (tertiary alicyclic amines) is 1. The van der Waals surface area contributed by atoms with Crippen LogP contribution >= 0.6 is 0 Å². The summed E-state index contributed by atoms with van der Waals surface area (Å²) in [5.41, 5.74) is 1.15. The fourth-order valence-corrected chi connectivity index (χ4v) is 3.91. The molecule has 0 bridgehead atoms. The molecule has 0 saturated carbocycles. The third-order valence-corrected chi connectivity index (χ3v) is 5.36. The van der Waals surface area contributed by atoms with Gasteiger partial charge in [-0.05, 0) is 43.0 Å². The van der Waals surface area contributed by atoms with Gasteiger partial charge in [-0.3, -0.25) is 4.79 Å². The van der Waals surface area contributed by atoms with Crippen molar-refractivity contribution in [3.8, 4) is 11.1 Å². The van der Waals surface area contributed by atoms with Gasteiger partial charge < -0.3 is 15.1 Å². The number of amides is 1. The summed E-state index contributed by atoms with van der Waals surface area (Å²) < 4.78 is 23.8. The Balaban J connectivity index is 1.92. The quantitative estimate of drug-likeness (QED) is 0.678. The SMILES string of the molecule is NS(=O)(=O)n1ccc(-c2ccc(C(=O)N3CCCCC3)cc2)c1C(O)O. The molecule has 1 aromatic heterocycles. The Morgan fingerprint density at radius 1 is 1.04 bits per heavy atom. The minimum atomic E-state index is -4.17. The summed E-state index contributed by atoms with van der Waals surface area (Å²) in [4.78, 5) is 14.3. The molecule has 1 saturated heterocycles. The van der Waals surface area contributed by atoms with Gasteiger partial charge in [0.25, 0.3) is 5.91 Å². The molecule has 0 radical (unpaired) electrons. The van der Waals surface area contributed by atoms with Crippen LogP contribution in [0.4, 0.5) is 0 Å². The van der Waals surface area contributed by atoms with Gasteiger partial charge >= 0.3 is 10.2 Å². The molecule has 2 heterocycles. The number of carbonyl (C=O) groups excluding carboxylic acids is 1. The number of benzene rings is 1. The molecule has 3 rings (SSSR count). The lowest BCUT2D eigenvalue weighted by Gasteiger charge is -2.26. The molecule has 1 fully saturated rings. The number of aromatic nitrogens is 1. The smallest absolute Gasteiger partial charge is 0.302 e. The van der Waals surface area contributed by atoms with Crippen molar-refractivity contribution in [2.75, 3.05) is 13.1 Å². The van der Waals surface area contributed by atoms with Crippen molar-refractivity contribution in [3.05, 3.63) is 47.8 Å². The minimum Gasteiger partial charge on any atom is -0.363 e. The summed E-state index contributed by atoms with van der Waals surface area (Å²) in [6.45, 7) is 1.50. The van der Waals surface area contributed by atoms with Crippen LogP contribution in [0.25, 0.3) is 11.1 Å². The van der Waals surface area contributed by atoms with E-state index in [4.69, 9.17) is 5.14 Å². The standard InChI is InChI=1S/C17H21N3O5S/c18-26(24,25)20-11-8-14(15(20)17(22)23)12-4-6-13(7-5-12)16(21)19-9-2-1-3-10-19/h4-8,11,17,22-23H,1-3,9-10H2,(H2,18,24,25). The summed E-state index contributed by atoms with van der Waals surface area (Å²) in [6, 6.07) is 8.01. The maximum absolute atomic E-state index is 12.5. The first-order valence-electron chi connectivity index (χ1n) is 8.29. The summed E-state index contributed by atoms with van der Waals surface area (Å²) >= 11 is 0. The van der Waals surface area contributed by atoms with E-state index in [1.54, 1.807) is 24.3 Å². The number of carbonyl (C=O) groups is 1. The first-order chi connectivity index (χ1) is 12.3. The molecule has 1 amide bonds. The van der Waals surface area contributed by atoms with Crippen molar-refractivity contribution in [3.63, 3.8) is 0 Å². The topological polar surface area (TPSA) is 126 Å². The lowest BCUT2D eigenvalue weighted by molar-refractivity contribution is -0.0458. The van der Waals surface area contributed by atoms with E-state index in [1.165, 1.54) is 6.07 Å². The monoisotopic (exact) mass is 379 g/mol. The van der Waals surface area contributed by atoms with Crippen LogP contribution in [0.1, 0.15) is 41.6 Å². The first-order valence-corrected chi connectivity index (χ1v) is 9.80. The van der Waals surface area contributed by atoms with Gasteiger partial charge in [-0.2, -0.15) is 8.42 Å². The maximum Gasteiger partial charge on any atom is 0.302 e. The number of hydrogen-bond acceptors (Lipinski definition) is 5. The number of nitrogens with zero attached hydrogens (tertiary/aromatic N) is 2. The van der Waals surface area contributed by atoms with Crippen molar-refractivity contribution < 1.29 is 23.4 Å². The van der Waals surface area contributed by atoms with E-state index < -0.39 is 16.5 Å². The number of hydrogen-bond donors (Lipinski definition) is 3. The highest BCUT2D eigenvalue weighted by Gasteiger charge is 2.23. The van der Waals surface area contributed by atoms with Crippen molar-refractivity contribution in [1.29, 1.82) is 0 Å². The molecule has 1 aliphatic rings. The molecule has 0 unspecified atom stereocenters. The second-order valence-corrected chi connectivity index (χ2v) is 7.68. The second-order valence-electron chi connectivity index (χ2n) is 6.26. The molecular weight excluding hydrogens is 358 g/mol. The lowest BCUT2D eigenvalue weighted by Crippen LogP contribution is -2.35. The van der Waals surface area contributed by atoms with Crippen molar-refractivity contribution in [2.24, 2.45) is 5.14 Å². The van der Waals surface area contributed by atoms with E-state index in [0.717, 1.165) is 38.5 Å². The van der Waals surface area contributed by atoms with Gasteiger partial charge in [0.15, 0.2) is 6.29 Å². The van der Waals surface area contributed by atoms with Gasteiger partial charge in [0.05, 0.1) is 5.69 Å². The highest BCUT2D eigenvalue weighted by atomic mass is 32.2. The van der Waals surface area contributed by atoms with Crippen molar-refractivity contribution in [2.45, 2.75) is 25.6 Å². The Kier molecular flexibility index (Phi) is 5.15. The van der Waals surface area contributed by atoms with Crippen LogP contribution in [-0.4, -0.2) is 46.5 Å². The van der Waals surface area contributed by atoms with Gasteiger partial charge in [-0.1, -0.05) is 12.1 Å². The fourth-order valence-electron chi connectivity index (χ4n) is 3.22. The number of nitrogens with two attached hydrogens (primary N) is 1. The average Bonchev–Trinajstić information content (AvgIpc) is 3.08. The maximum atomic E-state index is 12.5. The molecule has 2 aromatic rings. The third kappa shape index (κ3) is 3.65. The van der Waals surface area contributed by atoms with Gasteiger partial charge in [-0.25, -0.2) is 9.11 Å². The summed E-state index contributed by atoms with van der Waals surface area (Å²) in [5.74, 6) is -0.0410. The molecule has 8 nitrogen and oxygen atoms in total. The lowest BCUT2D eigenvalue weighted by atomic mass is 10.0. The Labute approximate surface area is 151 Å². The number of rotatable bonds is 4. The molecular formula is C17H21N3O5S. The number of piperidine rings is 1. The minimum absolute atomic E-state index is 0.0410. The van der Waals surface area contributed by atoms with Crippen molar-refractivity contribution >= 4 is 16.1 Å². The zero-order valence-electron chi connectivity index (χ0n) is 14.1. The predicted octanol–water partition coefficient (Wildman–Crippen LogP) is 0.816. The van der Waals surface area contributed by atoms with E-state index in [2.05, 4.69) is 0 Å². The second kappa shape index (κ2) is 7.20. The highest BCUT2D eigenvalue weighted by molar-refractivity contribution is 7.87. The third-order valence-electron chi connectivity index (χ3n) is 4.49. The van der Waals surface area contributed by atoms with E-state index in [1.807, 2.05) is 4.90 Å². The molecule has 0 aliphatic carbocycles. The normalized spacial score (nSPS) is 15.5. The Morgan fingerprint density at radius 2 is 1.65 bits per heavy atom. The van der Waals surface area contributed by atoms with E-state index in [-0.39, 0.29) is 11.6 Å². The Morgan fingerprint density at radius 3 is 2.19 bits per heavy atom. The van der Waals surface area contributed by atoms with Crippen LogP contribution in [0.15, 0.2) is 36.5 Å². The van der Waals surface area contributed by atoms with Gasteiger partial charge in [0.1, 0.15) is 0 Å². The van der Waals surface area contributed by atoms with Crippen LogP contribution in [0.3, 0.4) is 0 Å². The number of aliphatic hydroxyl groups excluding tert-OH is 1.